The van der Waals surface area contributed by atoms with Crippen LogP contribution in [0.5, 0.6) is 0 Å². The van der Waals surface area contributed by atoms with Crippen molar-refractivity contribution in [1.29, 1.82) is 0 Å². The minimum atomic E-state index is -0.330. The van der Waals surface area contributed by atoms with Gasteiger partial charge in [-0.05, 0) is 24.5 Å². The Morgan fingerprint density at radius 1 is 1.23 bits per heavy atom. The van der Waals surface area contributed by atoms with Crippen LogP contribution >= 0.6 is 0 Å². The number of nitro benzene ring substituents is 1. The van der Waals surface area contributed by atoms with Crippen molar-refractivity contribution in [1.82, 2.24) is 0 Å². The molecule has 6 heteroatoms. The minimum absolute atomic E-state index is 0.133. The zero-order valence-corrected chi connectivity index (χ0v) is 12.7. The molecule has 0 spiro atoms. The SMILES string of the molecule is O=[N+]([O-])c1cc(COC2CCCC2)cc(N2CCOCC2)c1. The van der Waals surface area contributed by atoms with Crippen LogP contribution < -0.4 is 4.90 Å². The van der Waals surface area contributed by atoms with E-state index in [1.54, 1.807) is 12.1 Å². The predicted molar refractivity (Wildman–Crippen MR) is 83.2 cm³/mol. The molecule has 1 aromatic carbocycles. The third-order valence-electron chi connectivity index (χ3n) is 4.34. The lowest BCUT2D eigenvalue weighted by Crippen LogP contribution is -2.36. The molecule has 0 unspecified atom stereocenters. The molecule has 6 nitrogen and oxygen atoms in total. The highest BCUT2D eigenvalue weighted by molar-refractivity contribution is 5.56. The van der Waals surface area contributed by atoms with Gasteiger partial charge in [0.25, 0.3) is 5.69 Å². The average Bonchev–Trinajstić information content (AvgIpc) is 3.07. The van der Waals surface area contributed by atoms with Gasteiger partial charge in [-0.2, -0.15) is 0 Å². The Balaban J connectivity index is 1.75. The van der Waals surface area contributed by atoms with Gasteiger partial charge in [0.2, 0.25) is 0 Å². The van der Waals surface area contributed by atoms with Crippen LogP contribution in [0.4, 0.5) is 11.4 Å². The zero-order valence-electron chi connectivity index (χ0n) is 12.7. The van der Waals surface area contributed by atoms with Gasteiger partial charge >= 0.3 is 0 Å². The van der Waals surface area contributed by atoms with Crippen molar-refractivity contribution in [3.05, 3.63) is 33.9 Å². The molecular formula is C16H22N2O4. The molecule has 22 heavy (non-hydrogen) atoms. The van der Waals surface area contributed by atoms with Crippen molar-refractivity contribution >= 4 is 11.4 Å². The van der Waals surface area contributed by atoms with Gasteiger partial charge in [-0.25, -0.2) is 0 Å². The number of anilines is 1. The van der Waals surface area contributed by atoms with E-state index >= 15 is 0 Å². The Labute approximate surface area is 130 Å². The molecule has 120 valence electrons. The number of ether oxygens (including phenoxy) is 2. The van der Waals surface area contributed by atoms with Gasteiger partial charge in [-0.1, -0.05) is 12.8 Å². The first-order valence-electron chi connectivity index (χ1n) is 7.95. The maximum atomic E-state index is 11.2. The van der Waals surface area contributed by atoms with Crippen LogP contribution in [0.25, 0.3) is 0 Å². The van der Waals surface area contributed by atoms with Crippen LogP contribution in [0.1, 0.15) is 31.2 Å². The van der Waals surface area contributed by atoms with Gasteiger partial charge < -0.3 is 14.4 Å². The number of morpholine rings is 1. The van der Waals surface area contributed by atoms with E-state index in [1.807, 2.05) is 6.07 Å². The average molecular weight is 306 g/mol. The van der Waals surface area contributed by atoms with Gasteiger partial charge in [0, 0.05) is 30.9 Å². The molecule has 2 aliphatic rings. The molecule has 0 atom stereocenters. The van der Waals surface area contributed by atoms with Crippen molar-refractivity contribution in [3.8, 4) is 0 Å². The van der Waals surface area contributed by atoms with Gasteiger partial charge in [0.1, 0.15) is 0 Å². The summed E-state index contributed by atoms with van der Waals surface area (Å²) in [5.41, 5.74) is 1.90. The first-order valence-corrected chi connectivity index (χ1v) is 7.95. The molecule has 0 amide bonds. The topological polar surface area (TPSA) is 64.8 Å². The van der Waals surface area contributed by atoms with Crippen LogP contribution in [-0.4, -0.2) is 37.3 Å². The molecule has 1 aliphatic heterocycles. The molecule has 3 rings (SSSR count). The highest BCUT2D eigenvalue weighted by Crippen LogP contribution is 2.27. The molecule has 0 bridgehead atoms. The van der Waals surface area contributed by atoms with E-state index in [1.165, 1.54) is 12.8 Å². The fourth-order valence-corrected chi connectivity index (χ4v) is 3.12. The summed E-state index contributed by atoms with van der Waals surface area (Å²) in [5, 5.41) is 11.2. The summed E-state index contributed by atoms with van der Waals surface area (Å²) in [6.45, 7) is 3.31. The summed E-state index contributed by atoms with van der Waals surface area (Å²) in [7, 11) is 0. The normalized spacial score (nSPS) is 19.5. The number of hydrogen-bond donors (Lipinski definition) is 0. The lowest BCUT2D eigenvalue weighted by atomic mass is 10.1. The van der Waals surface area contributed by atoms with Crippen LogP contribution in [0, 0.1) is 10.1 Å². The third kappa shape index (κ3) is 3.75. The second-order valence-corrected chi connectivity index (χ2v) is 5.93. The number of benzene rings is 1. The van der Waals surface area contributed by atoms with E-state index in [0.717, 1.165) is 37.2 Å². The van der Waals surface area contributed by atoms with E-state index in [4.69, 9.17) is 9.47 Å². The number of nitrogens with zero attached hydrogens (tertiary/aromatic N) is 2. The van der Waals surface area contributed by atoms with E-state index in [-0.39, 0.29) is 10.6 Å². The molecule has 0 N–H and O–H groups in total. The van der Waals surface area contributed by atoms with Crippen LogP contribution in [0.15, 0.2) is 18.2 Å². The molecule has 2 fully saturated rings. The number of hydrogen-bond acceptors (Lipinski definition) is 5. The molecule has 0 aromatic heterocycles. The first kappa shape index (κ1) is 15.2. The lowest BCUT2D eigenvalue weighted by molar-refractivity contribution is -0.384. The van der Waals surface area contributed by atoms with Crippen molar-refractivity contribution < 1.29 is 14.4 Å². The van der Waals surface area contributed by atoms with Crippen LogP contribution in [0.3, 0.4) is 0 Å². The summed E-state index contributed by atoms with van der Waals surface area (Å²) < 4.78 is 11.2. The molecule has 1 heterocycles. The fraction of sp³-hybridized carbons (Fsp3) is 0.625. The Hall–Kier alpha value is -1.66. The Morgan fingerprint density at radius 2 is 1.95 bits per heavy atom. The van der Waals surface area contributed by atoms with Crippen molar-refractivity contribution in [3.63, 3.8) is 0 Å². The maximum absolute atomic E-state index is 11.2. The molecule has 1 aliphatic carbocycles. The van der Waals surface area contributed by atoms with E-state index in [2.05, 4.69) is 4.90 Å². The van der Waals surface area contributed by atoms with E-state index < -0.39 is 0 Å². The van der Waals surface area contributed by atoms with Gasteiger partial charge in [-0.15, -0.1) is 0 Å². The highest BCUT2D eigenvalue weighted by Gasteiger charge is 2.19. The molecule has 0 radical (unpaired) electrons. The standard InChI is InChI=1S/C16H22N2O4/c19-18(20)15-10-13(12-22-16-3-1-2-4-16)9-14(11-15)17-5-7-21-8-6-17/h9-11,16H,1-8,12H2. The first-order chi connectivity index (χ1) is 10.7. The lowest BCUT2D eigenvalue weighted by Gasteiger charge is -2.29. The van der Waals surface area contributed by atoms with Crippen LogP contribution in [0.2, 0.25) is 0 Å². The third-order valence-corrected chi connectivity index (χ3v) is 4.34. The number of rotatable bonds is 5. The second kappa shape index (κ2) is 7.07. The minimum Gasteiger partial charge on any atom is -0.378 e. The summed E-state index contributed by atoms with van der Waals surface area (Å²) in [6, 6.07) is 5.27. The predicted octanol–water partition coefficient (Wildman–Crippen LogP) is 2.89. The quantitative estimate of drug-likeness (QED) is 0.618. The van der Waals surface area contributed by atoms with Crippen molar-refractivity contribution in [2.24, 2.45) is 0 Å². The zero-order chi connectivity index (χ0) is 15.4. The molecule has 1 saturated heterocycles. The molecule has 1 aromatic rings. The van der Waals surface area contributed by atoms with Gasteiger partial charge in [-0.3, -0.25) is 10.1 Å². The summed E-state index contributed by atoms with van der Waals surface area (Å²) in [4.78, 5) is 13.0. The van der Waals surface area contributed by atoms with Crippen molar-refractivity contribution in [2.45, 2.75) is 38.4 Å². The number of nitro groups is 1. The molecule has 1 saturated carbocycles. The highest BCUT2D eigenvalue weighted by atomic mass is 16.6. The molecular weight excluding hydrogens is 284 g/mol. The van der Waals surface area contributed by atoms with Gasteiger partial charge in [0.05, 0.1) is 30.8 Å². The van der Waals surface area contributed by atoms with Crippen LogP contribution in [-0.2, 0) is 16.1 Å². The Kier molecular flexibility index (Phi) is 4.90. The Morgan fingerprint density at radius 3 is 2.64 bits per heavy atom. The monoisotopic (exact) mass is 306 g/mol. The summed E-state index contributed by atoms with van der Waals surface area (Å²) >= 11 is 0. The summed E-state index contributed by atoms with van der Waals surface area (Å²) in [5.74, 6) is 0. The van der Waals surface area contributed by atoms with Crippen molar-refractivity contribution in [2.75, 3.05) is 31.2 Å². The largest absolute Gasteiger partial charge is 0.378 e. The van der Waals surface area contributed by atoms with E-state index in [0.29, 0.717) is 25.9 Å². The smallest absolute Gasteiger partial charge is 0.271 e. The second-order valence-electron chi connectivity index (χ2n) is 5.93. The van der Waals surface area contributed by atoms with Gasteiger partial charge in [0.15, 0.2) is 0 Å². The van der Waals surface area contributed by atoms with E-state index in [9.17, 15) is 10.1 Å². The Bertz CT molecular complexity index is 523. The number of non-ortho nitro benzene ring substituents is 1. The maximum Gasteiger partial charge on any atom is 0.271 e. The fourth-order valence-electron chi connectivity index (χ4n) is 3.12. The summed E-state index contributed by atoms with van der Waals surface area (Å²) in [6.07, 6.45) is 4.96.